The Morgan fingerprint density at radius 3 is 2.16 bits per heavy atom. The third-order valence-corrected chi connectivity index (χ3v) is 5.97. The topological polar surface area (TPSA) is 46.6 Å². The fraction of sp³-hybridized carbons (Fsp3) is 0.556. The number of benzene rings is 1. The first-order chi connectivity index (χ1) is 11.7. The van der Waals surface area contributed by atoms with E-state index < -0.39 is 6.04 Å². The van der Waals surface area contributed by atoms with E-state index in [2.05, 4.69) is 0 Å². The minimum atomic E-state index is -0.595. The molecule has 0 N–H and O–H groups in total. The van der Waals surface area contributed by atoms with Crippen LogP contribution in [0.3, 0.4) is 0 Å². The van der Waals surface area contributed by atoms with Crippen LogP contribution in [0.4, 0.5) is 0 Å². The molecular weight excluding hydrogens is 385 g/mol. The van der Waals surface area contributed by atoms with Crippen molar-refractivity contribution in [3.63, 3.8) is 0 Å². The zero-order valence-corrected chi connectivity index (χ0v) is 17.0. The maximum absolute atomic E-state index is 13.0. The molecule has 1 heterocycles. The van der Waals surface area contributed by atoms with Crippen molar-refractivity contribution < 1.29 is 14.3 Å². The van der Waals surface area contributed by atoms with Gasteiger partial charge in [-0.3, -0.25) is 4.79 Å². The van der Waals surface area contributed by atoms with Gasteiger partial charge in [0.25, 0.3) is 0 Å². The molecular formula is C18H22Cl3NO3. The maximum Gasteiger partial charge on any atom is 0.329 e. The van der Waals surface area contributed by atoms with Gasteiger partial charge in [-0.1, -0.05) is 48.7 Å². The first-order valence-electron chi connectivity index (χ1n) is 8.30. The number of carbonyl (C=O) groups excluding carboxylic acids is 2. The first-order valence-corrected chi connectivity index (χ1v) is 9.43. The highest BCUT2D eigenvalue weighted by Gasteiger charge is 2.48. The summed E-state index contributed by atoms with van der Waals surface area (Å²) < 4.78 is 5.18. The Morgan fingerprint density at radius 1 is 1.08 bits per heavy atom. The Bertz CT molecular complexity index is 657. The largest absolute Gasteiger partial charge is 0.464 e. The monoisotopic (exact) mass is 405 g/mol. The molecule has 0 bridgehead atoms. The number of rotatable bonds is 4. The Hall–Kier alpha value is -0.970. The van der Waals surface area contributed by atoms with Gasteiger partial charge in [-0.05, 0) is 43.4 Å². The van der Waals surface area contributed by atoms with Gasteiger partial charge < -0.3 is 9.64 Å². The molecule has 0 radical (unpaired) electrons. The lowest BCUT2D eigenvalue weighted by Gasteiger charge is -2.29. The van der Waals surface area contributed by atoms with Gasteiger partial charge in [0, 0.05) is 21.1 Å². The SMILES string of the molecule is CCOC(=O)C1C(C)C(C)C(C)N1C(=O)Cc1c(Cl)cc(Cl)cc1Cl. The zero-order valence-electron chi connectivity index (χ0n) is 14.7. The van der Waals surface area contributed by atoms with Crippen molar-refractivity contribution in [2.75, 3.05) is 6.61 Å². The average Bonchev–Trinajstić information content (AvgIpc) is 2.75. The summed E-state index contributed by atoms with van der Waals surface area (Å²) in [6, 6.07) is 2.43. The van der Waals surface area contributed by atoms with E-state index in [4.69, 9.17) is 39.5 Å². The predicted octanol–water partition coefficient (Wildman–Crippen LogP) is 4.62. The Kier molecular flexibility index (Phi) is 6.63. The van der Waals surface area contributed by atoms with Crippen LogP contribution in [0.25, 0.3) is 0 Å². The van der Waals surface area contributed by atoms with Gasteiger partial charge >= 0.3 is 5.97 Å². The summed E-state index contributed by atoms with van der Waals surface area (Å²) in [4.78, 5) is 27.0. The number of hydrogen-bond acceptors (Lipinski definition) is 3. The van der Waals surface area contributed by atoms with Gasteiger partial charge in [0.2, 0.25) is 5.91 Å². The van der Waals surface area contributed by atoms with E-state index in [0.717, 1.165) is 0 Å². The molecule has 4 nitrogen and oxygen atoms in total. The number of esters is 1. The lowest BCUT2D eigenvalue weighted by Crippen LogP contribution is -2.47. The van der Waals surface area contributed by atoms with Gasteiger partial charge in [-0.25, -0.2) is 4.79 Å². The van der Waals surface area contributed by atoms with E-state index >= 15 is 0 Å². The van der Waals surface area contributed by atoms with E-state index in [1.54, 1.807) is 24.0 Å². The first kappa shape index (κ1) is 20.3. The van der Waals surface area contributed by atoms with Gasteiger partial charge in [-0.2, -0.15) is 0 Å². The summed E-state index contributed by atoms with van der Waals surface area (Å²) >= 11 is 18.3. The fourth-order valence-electron chi connectivity index (χ4n) is 3.41. The second-order valence-electron chi connectivity index (χ2n) is 6.48. The quantitative estimate of drug-likeness (QED) is 0.685. The van der Waals surface area contributed by atoms with Gasteiger partial charge in [0.1, 0.15) is 6.04 Å². The van der Waals surface area contributed by atoms with Crippen LogP contribution in [0.5, 0.6) is 0 Å². The van der Waals surface area contributed by atoms with Crippen molar-refractivity contribution >= 4 is 46.7 Å². The minimum Gasteiger partial charge on any atom is -0.464 e. The van der Waals surface area contributed by atoms with Crippen molar-refractivity contribution in [2.45, 2.75) is 46.2 Å². The predicted molar refractivity (Wildman–Crippen MR) is 100 cm³/mol. The summed E-state index contributed by atoms with van der Waals surface area (Å²) in [5.41, 5.74) is 0.514. The number of halogens is 3. The molecule has 1 aromatic carbocycles. The van der Waals surface area contributed by atoms with Crippen LogP contribution >= 0.6 is 34.8 Å². The van der Waals surface area contributed by atoms with Crippen LogP contribution in [0.2, 0.25) is 15.1 Å². The smallest absolute Gasteiger partial charge is 0.329 e. The van der Waals surface area contributed by atoms with Crippen LogP contribution in [0.15, 0.2) is 12.1 Å². The molecule has 7 heteroatoms. The van der Waals surface area contributed by atoms with E-state index in [0.29, 0.717) is 20.6 Å². The summed E-state index contributed by atoms with van der Waals surface area (Å²) in [5, 5.41) is 1.09. The number of hydrogen-bond donors (Lipinski definition) is 0. The number of carbonyl (C=O) groups is 2. The minimum absolute atomic E-state index is 0.00845. The van der Waals surface area contributed by atoms with Crippen molar-refractivity contribution in [3.8, 4) is 0 Å². The van der Waals surface area contributed by atoms with Gasteiger partial charge in [-0.15, -0.1) is 0 Å². The molecule has 2 rings (SSSR count). The molecule has 0 aromatic heterocycles. The van der Waals surface area contributed by atoms with Crippen molar-refractivity contribution in [1.82, 2.24) is 4.90 Å². The van der Waals surface area contributed by atoms with Crippen LogP contribution in [-0.2, 0) is 20.7 Å². The third kappa shape index (κ3) is 4.07. The summed E-state index contributed by atoms with van der Waals surface area (Å²) in [6.45, 7) is 7.99. The molecule has 25 heavy (non-hydrogen) atoms. The molecule has 0 saturated carbocycles. The molecule has 0 spiro atoms. The van der Waals surface area contributed by atoms with Gasteiger partial charge in [0.15, 0.2) is 0 Å². The fourth-order valence-corrected chi connectivity index (χ4v) is 4.36. The molecule has 1 amide bonds. The van der Waals surface area contributed by atoms with E-state index in [9.17, 15) is 9.59 Å². The molecule has 0 aliphatic carbocycles. The average molecular weight is 407 g/mol. The number of nitrogens with zero attached hydrogens (tertiary/aromatic N) is 1. The highest BCUT2D eigenvalue weighted by molar-refractivity contribution is 6.39. The number of ether oxygens (including phenoxy) is 1. The van der Waals surface area contributed by atoms with Crippen molar-refractivity contribution in [2.24, 2.45) is 11.8 Å². The standard InChI is InChI=1S/C18H22Cl3NO3/c1-5-25-18(24)17-10(3)9(2)11(4)22(17)16(23)8-13-14(20)6-12(19)7-15(13)21/h6-7,9-11,17H,5,8H2,1-4H3. The maximum atomic E-state index is 13.0. The summed E-state index contributed by atoms with van der Waals surface area (Å²) in [7, 11) is 0. The second kappa shape index (κ2) is 8.15. The van der Waals surface area contributed by atoms with Crippen LogP contribution in [0.1, 0.15) is 33.3 Å². The molecule has 1 fully saturated rings. The van der Waals surface area contributed by atoms with E-state index in [-0.39, 0.29) is 42.8 Å². The molecule has 4 atom stereocenters. The highest BCUT2D eigenvalue weighted by atomic mass is 35.5. The number of likely N-dealkylation sites (tertiary alicyclic amines) is 1. The summed E-state index contributed by atoms with van der Waals surface area (Å²) in [6.07, 6.45) is 0.00845. The molecule has 1 aliphatic heterocycles. The summed E-state index contributed by atoms with van der Waals surface area (Å²) in [5.74, 6) is -0.385. The lowest BCUT2D eigenvalue weighted by atomic mass is 9.91. The van der Waals surface area contributed by atoms with E-state index in [1.807, 2.05) is 20.8 Å². The number of amides is 1. The Labute approximate surface area is 163 Å². The second-order valence-corrected chi connectivity index (χ2v) is 7.73. The molecule has 1 aliphatic rings. The molecule has 4 unspecified atom stereocenters. The Morgan fingerprint density at radius 2 is 1.64 bits per heavy atom. The Balaban J connectivity index is 2.31. The van der Waals surface area contributed by atoms with Crippen LogP contribution in [0, 0.1) is 11.8 Å². The van der Waals surface area contributed by atoms with E-state index in [1.165, 1.54) is 0 Å². The van der Waals surface area contributed by atoms with Crippen molar-refractivity contribution in [3.05, 3.63) is 32.8 Å². The lowest BCUT2D eigenvalue weighted by molar-refractivity contribution is -0.155. The van der Waals surface area contributed by atoms with Crippen LogP contribution in [-0.4, -0.2) is 35.5 Å². The van der Waals surface area contributed by atoms with Gasteiger partial charge in [0.05, 0.1) is 13.0 Å². The molecule has 1 aromatic rings. The third-order valence-electron chi connectivity index (χ3n) is 5.08. The normalized spacial score (nSPS) is 26.0. The van der Waals surface area contributed by atoms with Crippen molar-refractivity contribution in [1.29, 1.82) is 0 Å². The zero-order chi connectivity index (χ0) is 18.9. The van der Waals surface area contributed by atoms with Crippen LogP contribution < -0.4 is 0 Å². The highest BCUT2D eigenvalue weighted by Crippen LogP contribution is 2.37. The molecule has 138 valence electrons. The molecule has 1 saturated heterocycles.